The predicted molar refractivity (Wildman–Crippen MR) is 88.5 cm³/mol. The van der Waals surface area contributed by atoms with Crippen LogP contribution in [0.5, 0.6) is 0 Å². The van der Waals surface area contributed by atoms with Crippen molar-refractivity contribution in [3.05, 3.63) is 15.5 Å². The van der Waals surface area contributed by atoms with E-state index >= 15 is 0 Å². The summed E-state index contributed by atoms with van der Waals surface area (Å²) in [6.07, 6.45) is 1.30. The van der Waals surface area contributed by atoms with E-state index in [-0.39, 0.29) is 6.09 Å². The summed E-state index contributed by atoms with van der Waals surface area (Å²) in [4.78, 5) is 17.9. The van der Waals surface area contributed by atoms with Gasteiger partial charge in [0.05, 0.1) is 12.8 Å². The third kappa shape index (κ3) is 7.93. The second-order valence-corrected chi connectivity index (χ2v) is 7.44. The summed E-state index contributed by atoms with van der Waals surface area (Å²) in [6, 6.07) is 0. The molecule has 0 aliphatic carbocycles. The zero-order chi connectivity index (χ0) is 16.6. The van der Waals surface area contributed by atoms with E-state index in [4.69, 9.17) is 21.1 Å². The molecule has 0 aliphatic rings. The minimum Gasteiger partial charge on any atom is -0.444 e. The molecule has 0 fully saturated rings. The monoisotopic (exact) mass is 349 g/mol. The molecule has 1 heterocycles. The molecule has 1 N–H and O–H groups in total. The van der Waals surface area contributed by atoms with Gasteiger partial charge >= 0.3 is 6.09 Å². The maximum atomic E-state index is 12.1. The van der Waals surface area contributed by atoms with E-state index in [1.807, 2.05) is 20.8 Å². The van der Waals surface area contributed by atoms with E-state index in [9.17, 15) is 4.79 Å². The molecule has 0 aromatic carbocycles. The van der Waals surface area contributed by atoms with Gasteiger partial charge < -0.3 is 19.7 Å². The number of hydrogen-bond acceptors (Lipinski definition) is 6. The molecular weight excluding hydrogens is 326 g/mol. The molecule has 1 aromatic rings. The number of aromatic nitrogens is 1. The standard InChI is InChI=1S/C14H24ClN3O3S/c1-14(2,3)21-13(19)18(7-8-20-4)6-5-16-10-12-17-9-11(15)22-12/h9,16H,5-8,10H2,1-4H3. The zero-order valence-corrected chi connectivity index (χ0v) is 15.1. The molecule has 1 amide bonds. The second-order valence-electron chi connectivity index (χ2n) is 5.70. The molecule has 0 aliphatic heterocycles. The number of rotatable bonds is 8. The highest BCUT2D eigenvalue weighted by molar-refractivity contribution is 7.15. The van der Waals surface area contributed by atoms with Gasteiger partial charge in [-0.2, -0.15) is 0 Å². The fourth-order valence-electron chi connectivity index (χ4n) is 1.60. The fraction of sp³-hybridized carbons (Fsp3) is 0.714. The van der Waals surface area contributed by atoms with Gasteiger partial charge in [-0.1, -0.05) is 11.6 Å². The number of hydrogen-bond donors (Lipinski definition) is 1. The van der Waals surface area contributed by atoms with Crippen molar-refractivity contribution < 1.29 is 14.3 Å². The third-order valence-corrected chi connectivity index (χ3v) is 3.69. The van der Waals surface area contributed by atoms with Crippen molar-refractivity contribution in [3.63, 3.8) is 0 Å². The highest BCUT2D eigenvalue weighted by Crippen LogP contribution is 2.17. The number of methoxy groups -OCH3 is 1. The molecule has 8 heteroatoms. The van der Waals surface area contributed by atoms with Gasteiger partial charge in [0, 0.05) is 33.3 Å². The van der Waals surface area contributed by atoms with E-state index in [0.717, 1.165) is 5.01 Å². The minimum atomic E-state index is -0.506. The quantitative estimate of drug-likeness (QED) is 0.731. The summed E-state index contributed by atoms with van der Waals surface area (Å²) in [6.45, 7) is 8.33. The third-order valence-electron chi connectivity index (χ3n) is 2.58. The van der Waals surface area contributed by atoms with E-state index in [1.165, 1.54) is 11.3 Å². The highest BCUT2D eigenvalue weighted by Gasteiger charge is 2.21. The van der Waals surface area contributed by atoms with Crippen LogP contribution in [0.3, 0.4) is 0 Å². The molecule has 126 valence electrons. The molecule has 0 radical (unpaired) electrons. The number of halogens is 1. The molecule has 0 saturated carbocycles. The number of carbonyl (C=O) groups is 1. The first kappa shape index (κ1) is 19.2. The van der Waals surface area contributed by atoms with E-state index < -0.39 is 5.60 Å². The molecule has 0 unspecified atom stereocenters. The first-order valence-corrected chi connectivity index (χ1v) is 8.29. The summed E-state index contributed by atoms with van der Waals surface area (Å²) < 4.78 is 11.1. The first-order chi connectivity index (χ1) is 10.3. The Morgan fingerprint density at radius 1 is 1.45 bits per heavy atom. The van der Waals surface area contributed by atoms with Crippen molar-refractivity contribution in [2.45, 2.75) is 32.9 Å². The van der Waals surface area contributed by atoms with Crippen molar-refractivity contribution in [2.75, 3.05) is 33.4 Å². The highest BCUT2D eigenvalue weighted by atomic mass is 35.5. The smallest absolute Gasteiger partial charge is 0.410 e. The summed E-state index contributed by atoms with van der Waals surface area (Å²) >= 11 is 7.27. The van der Waals surface area contributed by atoms with Crippen LogP contribution in [0.25, 0.3) is 0 Å². The predicted octanol–water partition coefficient (Wildman–Crippen LogP) is 2.77. The van der Waals surface area contributed by atoms with Crippen LogP contribution in [0.2, 0.25) is 4.34 Å². The van der Waals surface area contributed by atoms with Crippen LogP contribution in [-0.4, -0.2) is 54.9 Å². The van der Waals surface area contributed by atoms with Gasteiger partial charge in [0.25, 0.3) is 0 Å². The zero-order valence-electron chi connectivity index (χ0n) is 13.5. The van der Waals surface area contributed by atoms with Crippen molar-refractivity contribution in [2.24, 2.45) is 0 Å². The number of ether oxygens (including phenoxy) is 2. The van der Waals surface area contributed by atoms with Crippen LogP contribution in [0.4, 0.5) is 4.79 Å². The lowest BCUT2D eigenvalue weighted by Gasteiger charge is -2.27. The van der Waals surface area contributed by atoms with Gasteiger partial charge in [0.2, 0.25) is 0 Å². The van der Waals surface area contributed by atoms with Crippen molar-refractivity contribution in [1.29, 1.82) is 0 Å². The van der Waals surface area contributed by atoms with Crippen molar-refractivity contribution >= 4 is 29.0 Å². The van der Waals surface area contributed by atoms with Crippen LogP contribution in [0.15, 0.2) is 6.20 Å². The van der Waals surface area contributed by atoms with Gasteiger partial charge in [-0.15, -0.1) is 11.3 Å². The molecular formula is C14H24ClN3O3S. The Labute approximate surface area is 140 Å². The molecule has 22 heavy (non-hydrogen) atoms. The number of nitrogens with one attached hydrogen (secondary N) is 1. The van der Waals surface area contributed by atoms with Crippen LogP contribution < -0.4 is 5.32 Å². The van der Waals surface area contributed by atoms with E-state index in [0.29, 0.717) is 37.1 Å². The van der Waals surface area contributed by atoms with Crippen LogP contribution in [0, 0.1) is 0 Å². The van der Waals surface area contributed by atoms with Gasteiger partial charge in [0.15, 0.2) is 0 Å². The van der Waals surface area contributed by atoms with Gasteiger partial charge in [-0.05, 0) is 20.8 Å². The average Bonchev–Trinajstić information content (AvgIpc) is 2.81. The fourth-order valence-corrected chi connectivity index (χ4v) is 2.53. The Morgan fingerprint density at radius 3 is 2.73 bits per heavy atom. The Hall–Kier alpha value is -0.890. The summed E-state index contributed by atoms with van der Waals surface area (Å²) in [5.41, 5.74) is -0.506. The van der Waals surface area contributed by atoms with Crippen molar-refractivity contribution in [3.8, 4) is 0 Å². The van der Waals surface area contributed by atoms with Crippen LogP contribution in [-0.2, 0) is 16.0 Å². The largest absolute Gasteiger partial charge is 0.444 e. The molecule has 0 bridgehead atoms. The SMILES string of the molecule is COCCN(CCNCc1ncc(Cl)s1)C(=O)OC(C)(C)C. The number of nitrogens with zero attached hydrogens (tertiary/aromatic N) is 2. The average molecular weight is 350 g/mol. The lowest BCUT2D eigenvalue weighted by Crippen LogP contribution is -2.42. The molecule has 0 atom stereocenters. The molecule has 0 spiro atoms. The van der Waals surface area contributed by atoms with E-state index in [1.54, 1.807) is 18.2 Å². The Balaban J connectivity index is 2.38. The van der Waals surface area contributed by atoms with Crippen molar-refractivity contribution in [1.82, 2.24) is 15.2 Å². The molecule has 6 nitrogen and oxygen atoms in total. The van der Waals surface area contributed by atoms with Crippen LogP contribution in [0.1, 0.15) is 25.8 Å². The topological polar surface area (TPSA) is 63.7 Å². The molecule has 1 aromatic heterocycles. The van der Waals surface area contributed by atoms with E-state index in [2.05, 4.69) is 10.3 Å². The lowest BCUT2D eigenvalue weighted by molar-refractivity contribution is 0.0204. The minimum absolute atomic E-state index is 0.330. The normalized spacial score (nSPS) is 11.5. The lowest BCUT2D eigenvalue weighted by atomic mass is 10.2. The number of thiazole rings is 1. The second kappa shape index (κ2) is 9.29. The van der Waals surface area contributed by atoms with Gasteiger partial charge in [-0.25, -0.2) is 9.78 Å². The van der Waals surface area contributed by atoms with Gasteiger partial charge in [-0.3, -0.25) is 0 Å². The number of amides is 1. The summed E-state index contributed by atoms with van der Waals surface area (Å²) in [7, 11) is 1.61. The number of carbonyl (C=O) groups excluding carboxylic acids is 1. The Kier molecular flexibility index (Phi) is 8.09. The van der Waals surface area contributed by atoms with Crippen LogP contribution >= 0.6 is 22.9 Å². The maximum Gasteiger partial charge on any atom is 0.410 e. The van der Waals surface area contributed by atoms with Gasteiger partial charge in [0.1, 0.15) is 14.9 Å². The molecule has 1 rings (SSSR count). The Morgan fingerprint density at radius 2 is 2.18 bits per heavy atom. The summed E-state index contributed by atoms with van der Waals surface area (Å²) in [5.74, 6) is 0. The summed E-state index contributed by atoms with van der Waals surface area (Å²) in [5, 5.41) is 4.16. The maximum absolute atomic E-state index is 12.1. The first-order valence-electron chi connectivity index (χ1n) is 7.09. The Bertz CT molecular complexity index is 462. The molecule has 0 saturated heterocycles.